The molecule has 0 spiro atoms. The molecule has 0 aliphatic heterocycles. The average Bonchev–Trinajstić information content (AvgIpc) is 2.82. The predicted octanol–water partition coefficient (Wildman–Crippen LogP) is 2.96. The molecule has 0 atom stereocenters. The summed E-state index contributed by atoms with van der Waals surface area (Å²) >= 11 is 1.47. The molecule has 3 rings (SSSR count). The highest BCUT2D eigenvalue weighted by atomic mass is 32.2. The normalized spacial score (nSPS) is 10.8. The summed E-state index contributed by atoms with van der Waals surface area (Å²) in [6.45, 7) is 0. The third kappa shape index (κ3) is 1.97. The Morgan fingerprint density at radius 2 is 2.06 bits per heavy atom. The lowest BCUT2D eigenvalue weighted by atomic mass is 10.2. The molecular formula is C12H9N3OS. The molecule has 0 bridgehead atoms. The van der Waals surface area contributed by atoms with Gasteiger partial charge in [0.25, 0.3) is 5.22 Å². The lowest BCUT2D eigenvalue weighted by Gasteiger charge is -2.03. The van der Waals surface area contributed by atoms with E-state index in [0.29, 0.717) is 10.9 Å². The van der Waals surface area contributed by atoms with Crippen molar-refractivity contribution in [2.75, 3.05) is 5.73 Å². The fraction of sp³-hybridized carbons (Fsp3) is 0. The van der Waals surface area contributed by atoms with Crippen LogP contribution in [0, 0.1) is 0 Å². The van der Waals surface area contributed by atoms with Gasteiger partial charge in [-0.2, -0.15) is 0 Å². The Morgan fingerprint density at radius 1 is 1.12 bits per heavy atom. The molecule has 0 amide bonds. The summed E-state index contributed by atoms with van der Waals surface area (Å²) in [5.74, 6) is 0. The van der Waals surface area contributed by atoms with Gasteiger partial charge < -0.3 is 10.2 Å². The Hall–Kier alpha value is -2.01. The summed E-state index contributed by atoms with van der Waals surface area (Å²) < 4.78 is 5.22. The van der Waals surface area contributed by atoms with Crippen molar-refractivity contribution in [1.29, 1.82) is 0 Å². The van der Waals surface area contributed by atoms with Crippen LogP contribution in [0.3, 0.4) is 0 Å². The molecule has 0 aliphatic rings. The zero-order valence-electron chi connectivity index (χ0n) is 8.83. The zero-order valence-corrected chi connectivity index (χ0v) is 9.65. The number of aromatic nitrogens is 2. The van der Waals surface area contributed by atoms with E-state index in [-0.39, 0.29) is 0 Å². The minimum absolute atomic E-state index is 0.620. The number of pyridine rings is 1. The second-order valence-electron chi connectivity index (χ2n) is 3.49. The number of hydrogen-bond donors (Lipinski definition) is 1. The third-order valence-electron chi connectivity index (χ3n) is 2.33. The maximum atomic E-state index is 5.73. The van der Waals surface area contributed by atoms with E-state index in [9.17, 15) is 0 Å². The minimum Gasteiger partial charge on any atom is -0.440 e. The van der Waals surface area contributed by atoms with Crippen molar-refractivity contribution in [2.45, 2.75) is 10.1 Å². The van der Waals surface area contributed by atoms with Crippen LogP contribution in [-0.2, 0) is 0 Å². The van der Waals surface area contributed by atoms with Crippen LogP contribution in [0.5, 0.6) is 0 Å². The number of nitrogens with two attached hydrogens (primary N) is 1. The standard InChI is InChI=1S/C12H9N3OS/c13-8-1-2-9-10(7-8)14-4-3-11(9)17-12-15-5-6-16-12/h1-7H,13H2. The molecule has 17 heavy (non-hydrogen) atoms. The van der Waals surface area contributed by atoms with E-state index in [0.717, 1.165) is 15.8 Å². The summed E-state index contributed by atoms with van der Waals surface area (Å²) in [5.41, 5.74) is 7.32. The first-order valence-corrected chi connectivity index (χ1v) is 5.86. The smallest absolute Gasteiger partial charge is 0.260 e. The largest absolute Gasteiger partial charge is 0.440 e. The van der Waals surface area contributed by atoms with Gasteiger partial charge in [0.15, 0.2) is 0 Å². The molecule has 84 valence electrons. The van der Waals surface area contributed by atoms with Gasteiger partial charge in [-0.25, -0.2) is 4.98 Å². The number of benzene rings is 1. The average molecular weight is 243 g/mol. The van der Waals surface area contributed by atoms with Crippen LogP contribution in [0.2, 0.25) is 0 Å². The predicted molar refractivity (Wildman–Crippen MR) is 66.8 cm³/mol. The van der Waals surface area contributed by atoms with Gasteiger partial charge in [-0.05, 0) is 36.0 Å². The molecule has 2 N–H and O–H groups in total. The summed E-state index contributed by atoms with van der Waals surface area (Å²) in [6.07, 6.45) is 4.94. The number of nitrogens with zero attached hydrogens (tertiary/aromatic N) is 2. The summed E-state index contributed by atoms with van der Waals surface area (Å²) in [4.78, 5) is 9.43. The second-order valence-corrected chi connectivity index (χ2v) is 4.48. The first kappa shape index (κ1) is 10.2. The number of rotatable bonds is 2. The van der Waals surface area contributed by atoms with Gasteiger partial charge in [-0.1, -0.05) is 0 Å². The molecule has 5 heteroatoms. The van der Waals surface area contributed by atoms with E-state index in [4.69, 9.17) is 10.2 Å². The maximum absolute atomic E-state index is 5.73. The lowest BCUT2D eigenvalue weighted by molar-refractivity contribution is 0.454. The van der Waals surface area contributed by atoms with E-state index < -0.39 is 0 Å². The molecule has 0 saturated heterocycles. The van der Waals surface area contributed by atoms with Gasteiger partial charge >= 0.3 is 0 Å². The molecule has 0 saturated carbocycles. The second kappa shape index (κ2) is 4.10. The Bertz CT molecular complexity index is 652. The molecule has 2 aromatic heterocycles. The SMILES string of the molecule is Nc1ccc2c(Sc3ncco3)ccnc2c1. The van der Waals surface area contributed by atoms with Crippen LogP contribution >= 0.6 is 11.8 Å². The minimum atomic E-state index is 0.620. The molecule has 0 unspecified atom stereocenters. The van der Waals surface area contributed by atoms with Crippen molar-refractivity contribution in [1.82, 2.24) is 9.97 Å². The van der Waals surface area contributed by atoms with Crippen LogP contribution in [-0.4, -0.2) is 9.97 Å². The van der Waals surface area contributed by atoms with Gasteiger partial charge in [-0.3, -0.25) is 4.98 Å². The van der Waals surface area contributed by atoms with E-state index in [1.165, 1.54) is 11.8 Å². The van der Waals surface area contributed by atoms with Crippen molar-refractivity contribution in [3.63, 3.8) is 0 Å². The molecule has 1 aromatic carbocycles. The van der Waals surface area contributed by atoms with Crippen LogP contribution in [0.1, 0.15) is 0 Å². The summed E-state index contributed by atoms with van der Waals surface area (Å²) in [6, 6.07) is 7.62. The molecule has 2 heterocycles. The number of fused-ring (bicyclic) bond motifs is 1. The van der Waals surface area contributed by atoms with Crippen LogP contribution in [0.15, 0.2) is 57.5 Å². The van der Waals surface area contributed by atoms with Gasteiger partial charge in [0, 0.05) is 22.2 Å². The Balaban J connectivity index is 2.10. The molecule has 3 aromatic rings. The number of anilines is 1. The van der Waals surface area contributed by atoms with E-state index >= 15 is 0 Å². The zero-order chi connectivity index (χ0) is 11.7. The Kier molecular flexibility index (Phi) is 2.45. The van der Waals surface area contributed by atoms with E-state index in [1.807, 2.05) is 24.3 Å². The Morgan fingerprint density at radius 3 is 2.88 bits per heavy atom. The molecule has 0 fully saturated rings. The molecule has 4 nitrogen and oxygen atoms in total. The lowest BCUT2D eigenvalue weighted by Crippen LogP contribution is -1.87. The fourth-order valence-electron chi connectivity index (χ4n) is 1.58. The quantitative estimate of drug-likeness (QED) is 0.701. The van der Waals surface area contributed by atoms with Gasteiger partial charge in [-0.15, -0.1) is 0 Å². The number of hydrogen-bond acceptors (Lipinski definition) is 5. The highest BCUT2D eigenvalue weighted by Crippen LogP contribution is 2.32. The highest BCUT2D eigenvalue weighted by molar-refractivity contribution is 7.99. The van der Waals surface area contributed by atoms with E-state index in [1.54, 1.807) is 18.7 Å². The Labute approximate surface area is 102 Å². The maximum Gasteiger partial charge on any atom is 0.260 e. The fourth-order valence-corrected chi connectivity index (χ4v) is 2.40. The van der Waals surface area contributed by atoms with Crippen molar-refractivity contribution in [3.05, 3.63) is 42.9 Å². The monoisotopic (exact) mass is 243 g/mol. The van der Waals surface area contributed by atoms with Crippen LogP contribution in [0.25, 0.3) is 10.9 Å². The van der Waals surface area contributed by atoms with Gasteiger partial charge in [0.2, 0.25) is 0 Å². The van der Waals surface area contributed by atoms with Gasteiger partial charge in [0.05, 0.1) is 11.7 Å². The van der Waals surface area contributed by atoms with Crippen molar-refractivity contribution >= 4 is 28.4 Å². The first-order chi connectivity index (χ1) is 8.33. The molecule has 0 aliphatic carbocycles. The van der Waals surface area contributed by atoms with E-state index in [2.05, 4.69) is 9.97 Å². The van der Waals surface area contributed by atoms with Crippen molar-refractivity contribution < 1.29 is 4.42 Å². The third-order valence-corrected chi connectivity index (χ3v) is 3.29. The van der Waals surface area contributed by atoms with Crippen LogP contribution in [0.4, 0.5) is 5.69 Å². The first-order valence-electron chi connectivity index (χ1n) is 5.04. The van der Waals surface area contributed by atoms with Crippen LogP contribution < -0.4 is 5.73 Å². The highest BCUT2D eigenvalue weighted by Gasteiger charge is 2.06. The summed E-state index contributed by atoms with van der Waals surface area (Å²) in [7, 11) is 0. The van der Waals surface area contributed by atoms with Crippen molar-refractivity contribution in [2.24, 2.45) is 0 Å². The molecule has 0 radical (unpaired) electrons. The number of oxazole rings is 1. The topological polar surface area (TPSA) is 64.9 Å². The number of nitrogen functional groups attached to an aromatic ring is 1. The van der Waals surface area contributed by atoms with Crippen molar-refractivity contribution in [3.8, 4) is 0 Å². The summed E-state index contributed by atoms with van der Waals surface area (Å²) in [5, 5.41) is 1.67. The molecular weight excluding hydrogens is 234 g/mol. The van der Waals surface area contributed by atoms with Gasteiger partial charge in [0.1, 0.15) is 6.26 Å².